The van der Waals surface area contributed by atoms with Crippen LogP contribution in [0.25, 0.3) is 11.2 Å². The van der Waals surface area contributed by atoms with Crippen molar-refractivity contribution < 1.29 is 18.9 Å². The molecule has 0 saturated carbocycles. The molecular formula is C12H16N5O5P2S+. The Hall–Kier alpha value is -1.64. The fraction of sp³-hybridized carbons (Fsp3) is 0.417. The van der Waals surface area contributed by atoms with Crippen molar-refractivity contribution in [2.45, 2.75) is 25.7 Å². The zero-order valence-corrected chi connectivity index (χ0v) is 16.4. The minimum absolute atomic E-state index is 0.120. The van der Waals surface area contributed by atoms with Crippen LogP contribution < -0.4 is 10.6 Å². The third kappa shape index (κ3) is 3.14. The Balaban J connectivity index is 2.11. The van der Waals surface area contributed by atoms with Crippen molar-refractivity contribution in [2.75, 3.05) is 12.2 Å². The number of hydrogen-bond donors (Lipinski definition) is 3. The van der Waals surface area contributed by atoms with Gasteiger partial charge in [0.15, 0.2) is 23.2 Å². The Kier molecular flexibility index (Phi) is 4.78. The van der Waals surface area contributed by atoms with Gasteiger partial charge in [-0.15, -0.1) is 4.52 Å². The Labute approximate surface area is 150 Å². The van der Waals surface area contributed by atoms with Crippen LogP contribution in [-0.4, -0.2) is 37.3 Å². The molecule has 3 N–H and O–H groups in total. The fourth-order valence-electron chi connectivity index (χ4n) is 2.43. The summed E-state index contributed by atoms with van der Waals surface area (Å²) in [5, 5.41) is 13.3. The minimum atomic E-state index is -1.62. The first-order chi connectivity index (χ1) is 11.8. The van der Waals surface area contributed by atoms with E-state index in [0.29, 0.717) is 0 Å². The molecule has 25 heavy (non-hydrogen) atoms. The molecule has 0 fully saturated rings. The van der Waals surface area contributed by atoms with Gasteiger partial charge < -0.3 is 14.9 Å². The molecule has 10 nitrogen and oxygen atoms in total. The van der Waals surface area contributed by atoms with Gasteiger partial charge in [-0.25, -0.2) is 9.51 Å². The first kappa shape index (κ1) is 18.2. The van der Waals surface area contributed by atoms with E-state index in [-0.39, 0.29) is 28.6 Å². The molecule has 3 heterocycles. The summed E-state index contributed by atoms with van der Waals surface area (Å²) in [6.07, 6.45) is 0.406. The molecule has 3 atom stereocenters. The summed E-state index contributed by atoms with van der Waals surface area (Å²) in [4.78, 5) is 22.9. The van der Waals surface area contributed by atoms with Crippen molar-refractivity contribution >= 4 is 45.5 Å². The largest absolute Gasteiger partial charge is 0.573 e. The molecule has 0 spiro atoms. The van der Waals surface area contributed by atoms with Gasteiger partial charge in [0.25, 0.3) is 5.56 Å². The zero-order valence-electron chi connectivity index (χ0n) is 13.5. The van der Waals surface area contributed by atoms with Crippen molar-refractivity contribution in [2.24, 2.45) is 0 Å². The number of aromatic amines is 1. The maximum Gasteiger partial charge on any atom is 0.573 e. The molecule has 0 radical (unpaired) electrons. The van der Waals surface area contributed by atoms with E-state index in [0.717, 1.165) is 0 Å². The van der Waals surface area contributed by atoms with Crippen LogP contribution in [0, 0.1) is 0 Å². The Morgan fingerprint density at radius 2 is 2.32 bits per heavy atom. The minimum Gasteiger partial charge on any atom is -0.505 e. The van der Waals surface area contributed by atoms with Gasteiger partial charge in [0, 0.05) is 0 Å². The lowest BCUT2D eigenvalue weighted by Gasteiger charge is -2.20. The Morgan fingerprint density at radius 3 is 2.96 bits per heavy atom. The number of hydrogen-bond acceptors (Lipinski definition) is 9. The number of aromatic nitrogens is 4. The summed E-state index contributed by atoms with van der Waals surface area (Å²) in [5.74, 6) is 0.229. The highest BCUT2D eigenvalue weighted by molar-refractivity contribution is 8.00. The molecule has 13 heteroatoms. The van der Waals surface area contributed by atoms with Crippen LogP contribution in [0.3, 0.4) is 0 Å². The average Bonchev–Trinajstić information content (AvgIpc) is 3.08. The van der Waals surface area contributed by atoms with E-state index >= 15 is 0 Å². The maximum atomic E-state index is 12.1. The number of aliphatic hydroxyl groups excluding tert-OH is 1. The highest BCUT2D eigenvalue weighted by atomic mass is 32.4. The highest BCUT2D eigenvalue weighted by Crippen LogP contribution is 2.45. The van der Waals surface area contributed by atoms with Crippen LogP contribution in [0.2, 0.25) is 0 Å². The summed E-state index contributed by atoms with van der Waals surface area (Å²) < 4.78 is 17.8. The van der Waals surface area contributed by atoms with Crippen molar-refractivity contribution in [1.29, 1.82) is 0 Å². The van der Waals surface area contributed by atoms with Crippen LogP contribution >= 0.6 is 16.5 Å². The van der Waals surface area contributed by atoms with Gasteiger partial charge in [0.2, 0.25) is 23.5 Å². The number of ether oxygens (including phenoxy) is 1. The molecule has 1 aliphatic rings. The quantitative estimate of drug-likeness (QED) is 0.641. The third-order valence-electron chi connectivity index (χ3n) is 3.56. The Bertz CT molecular complexity index is 940. The molecule has 3 rings (SSSR count). The van der Waals surface area contributed by atoms with E-state index in [1.54, 1.807) is 13.8 Å². The smallest absolute Gasteiger partial charge is 0.505 e. The fourth-order valence-corrected chi connectivity index (χ4v) is 3.33. The zero-order chi connectivity index (χ0) is 18.4. The second-order valence-electron chi connectivity index (χ2n) is 5.58. The van der Waals surface area contributed by atoms with Crippen LogP contribution in [0.5, 0.6) is 0 Å². The lowest BCUT2D eigenvalue weighted by Crippen LogP contribution is -2.24. The van der Waals surface area contributed by atoms with E-state index in [1.807, 2.05) is 0 Å². The summed E-state index contributed by atoms with van der Waals surface area (Å²) >= 11 is 5.03. The summed E-state index contributed by atoms with van der Waals surface area (Å²) in [7, 11) is 2.04. The van der Waals surface area contributed by atoms with Crippen molar-refractivity contribution in [3.8, 4) is 0 Å². The second kappa shape index (κ2) is 6.59. The van der Waals surface area contributed by atoms with Gasteiger partial charge in [-0.05, 0) is 23.2 Å². The van der Waals surface area contributed by atoms with E-state index in [1.165, 1.54) is 18.0 Å². The predicted octanol–water partition coefficient (Wildman–Crippen LogP) is 1.84. The molecular weight excluding hydrogens is 388 g/mol. The molecule has 0 bridgehead atoms. The van der Waals surface area contributed by atoms with Gasteiger partial charge >= 0.3 is 7.15 Å². The highest BCUT2D eigenvalue weighted by Gasteiger charge is 2.47. The van der Waals surface area contributed by atoms with E-state index in [2.05, 4.69) is 29.4 Å². The molecule has 0 aromatic carbocycles. The molecule has 2 unspecified atom stereocenters. The number of nitrogens with zero attached hydrogens (tertiary/aromatic N) is 3. The molecule has 0 amide bonds. The average molecular weight is 404 g/mol. The lowest BCUT2D eigenvalue weighted by atomic mass is 10.1. The van der Waals surface area contributed by atoms with E-state index in [9.17, 15) is 9.90 Å². The summed E-state index contributed by atoms with van der Waals surface area (Å²) in [5.41, 5.74) is -1.00. The topological polar surface area (TPSA) is 124 Å². The van der Waals surface area contributed by atoms with Crippen LogP contribution in [-0.2, 0) is 25.6 Å². The lowest BCUT2D eigenvalue weighted by molar-refractivity contribution is -0.0590. The molecule has 134 valence electrons. The van der Waals surface area contributed by atoms with Gasteiger partial charge in [0.05, 0.1) is 13.4 Å². The van der Waals surface area contributed by atoms with Crippen molar-refractivity contribution in [1.82, 2.24) is 19.5 Å². The van der Waals surface area contributed by atoms with Crippen LogP contribution in [0.15, 0.2) is 22.6 Å². The normalized spacial score (nSPS) is 20.2. The maximum absolute atomic E-state index is 12.1. The standard InChI is InChI=1S/C12H15N5O5P2S/c1-12(2)7(22-24(25)20-3)6(18)10(21-12)17-4-13-5-8(17)14-11(16-23)15-9(5)19/h4,10H,23H2,1-3H3,(H2-,14,15,16,18,19)/p+1/t10-/m1/s1. The van der Waals surface area contributed by atoms with E-state index < -0.39 is 24.5 Å². The SMILES string of the molecule is CO[P+](=S)OC1=C(O)[C@H](n2cnc3c(=O)[nH]c(NP)nc32)OC1(C)C. The molecule has 0 aliphatic carbocycles. The molecule has 1 aliphatic heterocycles. The molecule has 0 saturated heterocycles. The monoisotopic (exact) mass is 404 g/mol. The molecule has 2 aromatic heterocycles. The van der Waals surface area contributed by atoms with Gasteiger partial charge in [0.1, 0.15) is 5.60 Å². The number of fused-ring (bicyclic) bond motifs is 1. The van der Waals surface area contributed by atoms with E-state index in [4.69, 9.17) is 25.6 Å². The number of H-pyrrole nitrogens is 1. The van der Waals surface area contributed by atoms with Crippen molar-refractivity contribution in [3.63, 3.8) is 0 Å². The number of aliphatic hydroxyl groups is 1. The third-order valence-corrected chi connectivity index (χ3v) is 5.13. The number of imidazole rings is 1. The van der Waals surface area contributed by atoms with Gasteiger partial charge in [-0.2, -0.15) is 4.98 Å². The van der Waals surface area contributed by atoms with Crippen LogP contribution in [0.1, 0.15) is 20.1 Å². The first-order valence-electron chi connectivity index (χ1n) is 7.02. The number of anilines is 1. The van der Waals surface area contributed by atoms with Crippen molar-refractivity contribution in [3.05, 3.63) is 28.2 Å². The summed E-state index contributed by atoms with van der Waals surface area (Å²) in [6.45, 7) is 3.45. The Morgan fingerprint density at radius 1 is 1.60 bits per heavy atom. The van der Waals surface area contributed by atoms with Crippen LogP contribution in [0.4, 0.5) is 5.95 Å². The molecule has 2 aromatic rings. The van der Waals surface area contributed by atoms with Gasteiger partial charge in [-0.1, -0.05) is 0 Å². The second-order valence-corrected chi connectivity index (χ2v) is 7.75. The number of nitrogens with one attached hydrogen (secondary N) is 2. The van der Waals surface area contributed by atoms with Gasteiger partial charge in [-0.3, -0.25) is 14.3 Å². The summed E-state index contributed by atoms with van der Waals surface area (Å²) in [6, 6.07) is 0. The predicted molar refractivity (Wildman–Crippen MR) is 97.7 cm³/mol. The first-order valence-corrected chi connectivity index (χ1v) is 9.79. The number of rotatable bonds is 5.